The van der Waals surface area contributed by atoms with E-state index in [4.69, 9.17) is 27.9 Å². The van der Waals surface area contributed by atoms with Crippen molar-refractivity contribution < 1.29 is 9.13 Å². The fourth-order valence-corrected chi connectivity index (χ4v) is 4.07. The van der Waals surface area contributed by atoms with E-state index in [2.05, 4.69) is 20.1 Å². The van der Waals surface area contributed by atoms with Crippen molar-refractivity contribution >= 4 is 34.1 Å². The number of fused-ring (bicyclic) bond motifs is 1. The van der Waals surface area contributed by atoms with Crippen LogP contribution >= 0.6 is 23.2 Å². The molecule has 0 bridgehead atoms. The molecule has 0 atom stereocenters. The summed E-state index contributed by atoms with van der Waals surface area (Å²) >= 11 is 12.8. The molecule has 11 heteroatoms. The fraction of sp³-hybridized carbons (Fsp3) is 0.0417. The van der Waals surface area contributed by atoms with E-state index in [1.165, 1.54) is 18.2 Å². The molecule has 174 valence electrons. The van der Waals surface area contributed by atoms with Crippen molar-refractivity contribution in [3.8, 4) is 28.6 Å². The van der Waals surface area contributed by atoms with Crippen LogP contribution in [-0.4, -0.2) is 24.7 Å². The number of aryl methyl sites for hydroxylation is 1. The first-order valence-electron chi connectivity index (χ1n) is 10.2. The van der Waals surface area contributed by atoms with Crippen LogP contribution in [0.1, 0.15) is 5.56 Å². The van der Waals surface area contributed by atoms with Gasteiger partial charge in [-0.1, -0.05) is 23.2 Å². The van der Waals surface area contributed by atoms with Crippen LogP contribution in [0.3, 0.4) is 0 Å². The van der Waals surface area contributed by atoms with Crippen LogP contribution in [0.25, 0.3) is 28.0 Å². The van der Waals surface area contributed by atoms with Crippen molar-refractivity contribution in [1.29, 1.82) is 0 Å². The first-order valence-corrected chi connectivity index (χ1v) is 10.9. The maximum Gasteiger partial charge on any atom is 0.349 e. The molecular formula is C24H14Cl2FN5O3. The highest BCUT2D eigenvalue weighted by atomic mass is 35.5. The maximum absolute atomic E-state index is 13.2. The van der Waals surface area contributed by atoms with Gasteiger partial charge in [0.2, 0.25) is 0 Å². The van der Waals surface area contributed by atoms with Crippen LogP contribution in [0.4, 0.5) is 4.39 Å². The number of nitrogens with one attached hydrogen (secondary N) is 1. The smallest absolute Gasteiger partial charge is 0.349 e. The third-order valence-corrected chi connectivity index (χ3v) is 5.70. The highest BCUT2D eigenvalue weighted by molar-refractivity contribution is 6.37. The van der Waals surface area contributed by atoms with Crippen LogP contribution in [0.5, 0.6) is 11.5 Å². The SMILES string of the molecule is Cc1cc(-c2ccc(F)cn2)nc2ccc(Oc3c(Cl)cc(-n4ncc(=O)[nH]c4=O)cc3Cl)cc12. The van der Waals surface area contributed by atoms with Crippen molar-refractivity contribution in [3.05, 3.63) is 103 Å². The number of aromatic nitrogens is 5. The van der Waals surface area contributed by atoms with Gasteiger partial charge in [0.05, 0.1) is 38.8 Å². The average Bonchev–Trinajstić information content (AvgIpc) is 2.82. The molecule has 5 rings (SSSR count). The maximum atomic E-state index is 13.2. The number of H-pyrrole nitrogens is 1. The Morgan fingerprint density at radius 3 is 2.43 bits per heavy atom. The molecule has 3 heterocycles. The summed E-state index contributed by atoms with van der Waals surface area (Å²) in [5, 5.41) is 4.91. The van der Waals surface area contributed by atoms with Gasteiger partial charge < -0.3 is 4.74 Å². The monoisotopic (exact) mass is 509 g/mol. The second kappa shape index (κ2) is 8.94. The predicted molar refractivity (Wildman–Crippen MR) is 130 cm³/mol. The highest BCUT2D eigenvalue weighted by Gasteiger charge is 2.15. The van der Waals surface area contributed by atoms with Gasteiger partial charge in [0, 0.05) is 5.39 Å². The van der Waals surface area contributed by atoms with E-state index in [1.54, 1.807) is 24.3 Å². The van der Waals surface area contributed by atoms with Gasteiger partial charge in [-0.25, -0.2) is 14.2 Å². The summed E-state index contributed by atoms with van der Waals surface area (Å²) in [5.74, 6) is 0.234. The molecule has 0 saturated carbocycles. The van der Waals surface area contributed by atoms with Gasteiger partial charge in [0.25, 0.3) is 5.56 Å². The van der Waals surface area contributed by atoms with Crippen molar-refractivity contribution in [1.82, 2.24) is 24.7 Å². The van der Waals surface area contributed by atoms with Crippen LogP contribution in [-0.2, 0) is 0 Å². The topological polar surface area (TPSA) is 103 Å². The van der Waals surface area contributed by atoms with E-state index < -0.39 is 17.1 Å². The number of hydrogen-bond donors (Lipinski definition) is 1. The van der Waals surface area contributed by atoms with Crippen molar-refractivity contribution in [2.24, 2.45) is 0 Å². The van der Waals surface area contributed by atoms with Gasteiger partial charge in [0.15, 0.2) is 5.75 Å². The van der Waals surface area contributed by atoms with Gasteiger partial charge in [0.1, 0.15) is 17.8 Å². The van der Waals surface area contributed by atoms with Gasteiger partial charge in [-0.3, -0.25) is 14.8 Å². The zero-order chi connectivity index (χ0) is 24.7. The summed E-state index contributed by atoms with van der Waals surface area (Å²) in [6.07, 6.45) is 2.12. The zero-order valence-electron chi connectivity index (χ0n) is 17.9. The lowest BCUT2D eigenvalue weighted by Crippen LogP contribution is -2.30. The molecule has 3 aromatic heterocycles. The molecule has 0 aliphatic carbocycles. The summed E-state index contributed by atoms with van der Waals surface area (Å²) in [5.41, 5.74) is 1.71. The van der Waals surface area contributed by atoms with Gasteiger partial charge in [-0.2, -0.15) is 9.78 Å². The Bertz CT molecular complexity index is 1700. The van der Waals surface area contributed by atoms with E-state index in [0.717, 1.165) is 28.0 Å². The number of nitrogens with zero attached hydrogens (tertiary/aromatic N) is 4. The lowest BCUT2D eigenvalue weighted by atomic mass is 10.1. The van der Waals surface area contributed by atoms with E-state index in [1.807, 2.05) is 13.0 Å². The zero-order valence-corrected chi connectivity index (χ0v) is 19.4. The molecular weight excluding hydrogens is 496 g/mol. The van der Waals surface area contributed by atoms with Crippen LogP contribution in [0, 0.1) is 12.7 Å². The quantitative estimate of drug-likeness (QED) is 0.362. The number of halogens is 3. The van der Waals surface area contributed by atoms with E-state index in [-0.39, 0.29) is 21.5 Å². The fourth-order valence-electron chi connectivity index (χ4n) is 3.52. The lowest BCUT2D eigenvalue weighted by Gasteiger charge is -2.13. The molecule has 0 fully saturated rings. The Hall–Kier alpha value is -4.08. The van der Waals surface area contributed by atoms with Crippen molar-refractivity contribution in [2.75, 3.05) is 0 Å². The number of ether oxygens (including phenoxy) is 1. The Morgan fingerprint density at radius 2 is 1.74 bits per heavy atom. The predicted octanol–water partition coefficient (Wildman–Crippen LogP) is 5.08. The minimum absolute atomic E-state index is 0.139. The normalized spacial score (nSPS) is 11.1. The summed E-state index contributed by atoms with van der Waals surface area (Å²) in [6, 6.07) is 13.0. The second-order valence-electron chi connectivity index (χ2n) is 7.56. The minimum atomic E-state index is -0.731. The molecule has 0 spiro atoms. The molecule has 0 aliphatic heterocycles. The van der Waals surface area contributed by atoms with Crippen LogP contribution in [0.2, 0.25) is 10.0 Å². The molecule has 5 aromatic rings. The number of rotatable bonds is 4. The Balaban J connectivity index is 1.49. The highest BCUT2D eigenvalue weighted by Crippen LogP contribution is 2.39. The van der Waals surface area contributed by atoms with Crippen LogP contribution in [0.15, 0.2) is 70.5 Å². The number of benzene rings is 2. The van der Waals surface area contributed by atoms with E-state index >= 15 is 0 Å². The van der Waals surface area contributed by atoms with E-state index in [9.17, 15) is 14.0 Å². The minimum Gasteiger partial charge on any atom is -0.454 e. The number of aromatic amines is 1. The molecule has 1 N–H and O–H groups in total. The standard InChI is InChI=1S/C24H14Cl2FN5O3/c1-12-6-21(20-4-2-13(27)10-28-20)30-19-5-3-15(9-16(12)19)35-23-17(25)7-14(8-18(23)26)32-24(34)31-22(33)11-29-32/h2-11H,1H3,(H,31,33,34). The number of hydrogen-bond acceptors (Lipinski definition) is 6. The van der Waals surface area contributed by atoms with Crippen molar-refractivity contribution in [2.45, 2.75) is 6.92 Å². The largest absolute Gasteiger partial charge is 0.454 e. The van der Waals surface area contributed by atoms with Crippen LogP contribution < -0.4 is 16.0 Å². The average molecular weight is 510 g/mol. The Kier molecular flexibility index (Phi) is 5.80. The Labute approximate surface area is 206 Å². The van der Waals surface area contributed by atoms with E-state index in [0.29, 0.717) is 22.7 Å². The third kappa shape index (κ3) is 4.51. The second-order valence-corrected chi connectivity index (χ2v) is 8.37. The summed E-state index contributed by atoms with van der Waals surface area (Å²) in [6.45, 7) is 1.92. The summed E-state index contributed by atoms with van der Waals surface area (Å²) in [4.78, 5) is 34.1. The third-order valence-electron chi connectivity index (χ3n) is 5.14. The first-order chi connectivity index (χ1) is 16.8. The van der Waals surface area contributed by atoms with Gasteiger partial charge in [-0.15, -0.1) is 0 Å². The molecule has 0 aliphatic rings. The van der Waals surface area contributed by atoms with Crippen molar-refractivity contribution in [3.63, 3.8) is 0 Å². The summed E-state index contributed by atoms with van der Waals surface area (Å²) in [7, 11) is 0. The first kappa shape index (κ1) is 22.7. The van der Waals surface area contributed by atoms with Gasteiger partial charge in [-0.05, 0) is 61.0 Å². The lowest BCUT2D eigenvalue weighted by molar-refractivity contribution is 0.483. The van der Waals surface area contributed by atoms with Gasteiger partial charge >= 0.3 is 5.69 Å². The number of pyridine rings is 2. The molecule has 0 unspecified atom stereocenters. The molecule has 2 aromatic carbocycles. The molecule has 0 amide bonds. The molecule has 8 nitrogen and oxygen atoms in total. The molecule has 0 radical (unpaired) electrons. The molecule has 35 heavy (non-hydrogen) atoms. The summed E-state index contributed by atoms with van der Waals surface area (Å²) < 4.78 is 20.1. The molecule has 0 saturated heterocycles. The Morgan fingerprint density at radius 1 is 0.971 bits per heavy atom.